The fourth-order valence-electron chi connectivity index (χ4n) is 3.81. The predicted octanol–water partition coefficient (Wildman–Crippen LogP) is 3.81. The molecule has 29 heavy (non-hydrogen) atoms. The first-order valence-electron chi connectivity index (χ1n) is 10.4. The summed E-state index contributed by atoms with van der Waals surface area (Å²) in [6.07, 6.45) is 9.72. The summed E-state index contributed by atoms with van der Waals surface area (Å²) in [4.78, 5) is 4.87. The molecular weight excluding hydrogens is 481 g/mol. The van der Waals surface area contributed by atoms with Gasteiger partial charge in [0.2, 0.25) is 5.88 Å². The van der Waals surface area contributed by atoms with Crippen molar-refractivity contribution in [2.24, 2.45) is 12.0 Å². The molecule has 162 valence electrons. The van der Waals surface area contributed by atoms with Gasteiger partial charge in [0.25, 0.3) is 0 Å². The van der Waals surface area contributed by atoms with E-state index in [2.05, 4.69) is 22.7 Å². The van der Waals surface area contributed by atoms with Crippen molar-refractivity contribution in [3.8, 4) is 5.88 Å². The lowest BCUT2D eigenvalue weighted by molar-refractivity contribution is 0.369. The first-order chi connectivity index (χ1) is 13.7. The predicted molar refractivity (Wildman–Crippen MR) is 126 cm³/mol. The maximum absolute atomic E-state index is 5.55. The van der Waals surface area contributed by atoms with Gasteiger partial charge in [-0.3, -0.25) is 0 Å². The number of hydrogen-bond donors (Lipinski definition) is 2. The van der Waals surface area contributed by atoms with Crippen LogP contribution in [0.3, 0.4) is 0 Å². The van der Waals surface area contributed by atoms with Crippen LogP contribution in [-0.4, -0.2) is 35.4 Å². The fourth-order valence-corrected chi connectivity index (χ4v) is 3.81. The lowest BCUT2D eigenvalue weighted by atomic mass is 9.96. The molecule has 0 radical (unpaired) electrons. The number of halogens is 1. The minimum absolute atomic E-state index is 0. The molecule has 2 heterocycles. The van der Waals surface area contributed by atoms with Crippen molar-refractivity contribution >= 4 is 29.9 Å². The minimum atomic E-state index is 0. The second kappa shape index (κ2) is 12.1. The molecule has 0 unspecified atom stereocenters. The summed E-state index contributed by atoms with van der Waals surface area (Å²) in [5.41, 5.74) is 2.10. The number of nitrogens with one attached hydrogen (secondary N) is 2. The van der Waals surface area contributed by atoms with E-state index in [9.17, 15) is 0 Å². The largest absolute Gasteiger partial charge is 0.481 e. The highest BCUT2D eigenvalue weighted by Crippen LogP contribution is 2.23. The molecular formula is C21H34IN5O2. The van der Waals surface area contributed by atoms with Crippen LogP contribution in [0.1, 0.15) is 56.0 Å². The average Bonchev–Trinajstić information content (AvgIpc) is 3.33. The standard InChI is InChI=1S/C21H33N5O2.HI/c1-4-19-18(20(27-3)26(2)25-19)15-23-21(24-16-9-6-5-7-10-16)22-13-12-17-11-8-14-28-17;/h8,11,14,16H,4-7,9-10,12-13,15H2,1-3H3,(H2,22,23,24);1H. The van der Waals surface area contributed by atoms with E-state index in [0.717, 1.165) is 48.2 Å². The SMILES string of the molecule is CCc1nn(C)c(OC)c1CN=C(NCCc1ccco1)NC1CCCCC1.I. The smallest absolute Gasteiger partial charge is 0.216 e. The Hall–Kier alpha value is -1.71. The Kier molecular flexibility index (Phi) is 9.83. The molecule has 2 aromatic rings. The van der Waals surface area contributed by atoms with Crippen LogP contribution in [-0.2, 0) is 26.4 Å². The average molecular weight is 515 g/mol. The molecule has 1 fully saturated rings. The summed E-state index contributed by atoms with van der Waals surface area (Å²) < 4.78 is 12.8. The van der Waals surface area contributed by atoms with Gasteiger partial charge in [0.05, 0.1) is 31.2 Å². The second-order valence-electron chi connectivity index (χ2n) is 7.31. The van der Waals surface area contributed by atoms with Crippen molar-refractivity contribution < 1.29 is 9.15 Å². The summed E-state index contributed by atoms with van der Waals surface area (Å²) in [7, 11) is 3.60. The summed E-state index contributed by atoms with van der Waals surface area (Å²) in [5, 5.41) is 11.7. The van der Waals surface area contributed by atoms with Gasteiger partial charge in [-0.2, -0.15) is 5.10 Å². The molecule has 0 aromatic carbocycles. The molecule has 7 nitrogen and oxygen atoms in total. The van der Waals surface area contributed by atoms with Crippen LogP contribution < -0.4 is 15.4 Å². The van der Waals surface area contributed by atoms with E-state index in [0.29, 0.717) is 12.6 Å². The lowest BCUT2D eigenvalue weighted by Crippen LogP contribution is -2.44. The van der Waals surface area contributed by atoms with E-state index in [4.69, 9.17) is 14.1 Å². The molecule has 0 aliphatic heterocycles. The number of aromatic nitrogens is 2. The van der Waals surface area contributed by atoms with E-state index in [1.807, 2.05) is 19.2 Å². The maximum Gasteiger partial charge on any atom is 0.216 e. The minimum Gasteiger partial charge on any atom is -0.481 e. The van der Waals surface area contributed by atoms with Crippen molar-refractivity contribution in [3.05, 3.63) is 35.4 Å². The van der Waals surface area contributed by atoms with Crippen LogP contribution in [0.5, 0.6) is 5.88 Å². The molecule has 1 aliphatic rings. The highest BCUT2D eigenvalue weighted by atomic mass is 127. The van der Waals surface area contributed by atoms with Crippen molar-refractivity contribution in [1.82, 2.24) is 20.4 Å². The van der Waals surface area contributed by atoms with Gasteiger partial charge >= 0.3 is 0 Å². The van der Waals surface area contributed by atoms with E-state index < -0.39 is 0 Å². The van der Waals surface area contributed by atoms with Gasteiger partial charge in [0.15, 0.2) is 5.96 Å². The molecule has 8 heteroatoms. The molecule has 0 bridgehead atoms. The van der Waals surface area contributed by atoms with Crippen LogP contribution in [0.2, 0.25) is 0 Å². The number of aliphatic imine (C=N–C) groups is 1. The summed E-state index contributed by atoms with van der Waals surface area (Å²) >= 11 is 0. The Balaban J connectivity index is 0.00000300. The molecule has 2 aromatic heterocycles. The maximum atomic E-state index is 5.55. The summed E-state index contributed by atoms with van der Waals surface area (Å²) in [6, 6.07) is 4.41. The Morgan fingerprint density at radius 2 is 2.14 bits per heavy atom. The van der Waals surface area contributed by atoms with Crippen molar-refractivity contribution in [1.29, 1.82) is 0 Å². The zero-order valence-electron chi connectivity index (χ0n) is 17.7. The summed E-state index contributed by atoms with van der Waals surface area (Å²) in [6.45, 7) is 3.43. The van der Waals surface area contributed by atoms with Crippen molar-refractivity contribution in [3.63, 3.8) is 0 Å². The molecule has 0 atom stereocenters. The number of methoxy groups -OCH3 is 1. The van der Waals surface area contributed by atoms with E-state index >= 15 is 0 Å². The molecule has 0 spiro atoms. The van der Waals surface area contributed by atoms with Gasteiger partial charge < -0.3 is 19.8 Å². The monoisotopic (exact) mass is 515 g/mol. The normalized spacial score (nSPS) is 15.1. The Labute approximate surface area is 190 Å². The molecule has 0 amide bonds. The van der Waals surface area contributed by atoms with Crippen molar-refractivity contribution in [2.75, 3.05) is 13.7 Å². The number of ether oxygens (including phenoxy) is 1. The topological polar surface area (TPSA) is 76.6 Å². The van der Waals surface area contributed by atoms with Gasteiger partial charge in [-0.05, 0) is 31.4 Å². The van der Waals surface area contributed by atoms with Crippen molar-refractivity contribution in [2.45, 2.75) is 64.5 Å². The van der Waals surface area contributed by atoms with E-state index in [1.54, 1.807) is 18.1 Å². The lowest BCUT2D eigenvalue weighted by Gasteiger charge is -2.25. The molecule has 3 rings (SSSR count). The first kappa shape index (κ1) is 23.6. The number of hydrogen-bond acceptors (Lipinski definition) is 4. The Bertz CT molecular complexity index is 751. The highest BCUT2D eigenvalue weighted by Gasteiger charge is 2.17. The molecule has 1 aliphatic carbocycles. The van der Waals surface area contributed by atoms with E-state index in [-0.39, 0.29) is 24.0 Å². The zero-order chi connectivity index (χ0) is 19.8. The van der Waals surface area contributed by atoms with Gasteiger partial charge in [0.1, 0.15) is 5.76 Å². The Morgan fingerprint density at radius 1 is 1.34 bits per heavy atom. The second-order valence-corrected chi connectivity index (χ2v) is 7.31. The third-order valence-corrected chi connectivity index (χ3v) is 5.28. The Morgan fingerprint density at radius 3 is 2.79 bits per heavy atom. The molecule has 0 saturated heterocycles. The van der Waals surface area contributed by atoms with Crippen LogP contribution >= 0.6 is 24.0 Å². The first-order valence-corrected chi connectivity index (χ1v) is 10.4. The van der Waals surface area contributed by atoms with Gasteiger partial charge in [-0.1, -0.05) is 26.2 Å². The number of guanidine groups is 1. The van der Waals surface area contributed by atoms with E-state index in [1.165, 1.54) is 32.1 Å². The number of furan rings is 1. The number of nitrogens with zero attached hydrogens (tertiary/aromatic N) is 3. The van der Waals surface area contributed by atoms with Crippen LogP contribution in [0.15, 0.2) is 27.8 Å². The fraction of sp³-hybridized carbons (Fsp3) is 0.619. The quantitative estimate of drug-likeness (QED) is 0.318. The van der Waals surface area contributed by atoms with Crippen LogP contribution in [0.4, 0.5) is 0 Å². The van der Waals surface area contributed by atoms with Crippen LogP contribution in [0.25, 0.3) is 0 Å². The van der Waals surface area contributed by atoms with Gasteiger partial charge in [-0.25, -0.2) is 9.67 Å². The molecule has 2 N–H and O–H groups in total. The highest BCUT2D eigenvalue weighted by molar-refractivity contribution is 14.0. The number of rotatable bonds is 8. The number of aryl methyl sites for hydroxylation is 2. The molecule has 1 saturated carbocycles. The third kappa shape index (κ3) is 6.65. The van der Waals surface area contributed by atoms with Crippen LogP contribution in [0, 0.1) is 0 Å². The third-order valence-electron chi connectivity index (χ3n) is 5.28. The van der Waals surface area contributed by atoms with Gasteiger partial charge in [0, 0.05) is 26.1 Å². The van der Waals surface area contributed by atoms with Gasteiger partial charge in [-0.15, -0.1) is 24.0 Å². The zero-order valence-corrected chi connectivity index (χ0v) is 20.1. The summed E-state index contributed by atoms with van der Waals surface area (Å²) in [5.74, 6) is 2.62.